The van der Waals surface area contributed by atoms with Crippen molar-refractivity contribution in [3.63, 3.8) is 0 Å². The van der Waals surface area contributed by atoms with Crippen LogP contribution in [0.25, 0.3) is 0 Å². The monoisotopic (exact) mass is 372 g/mol. The highest BCUT2D eigenvalue weighted by Gasteiger charge is 2.35. The maximum atomic E-state index is 12.4. The summed E-state index contributed by atoms with van der Waals surface area (Å²) in [5, 5.41) is 10.5. The minimum absolute atomic E-state index is 0.00671. The predicted octanol–water partition coefficient (Wildman–Crippen LogP) is 2.97. The van der Waals surface area contributed by atoms with Crippen molar-refractivity contribution in [2.24, 2.45) is 5.92 Å². The number of amides is 2. The van der Waals surface area contributed by atoms with E-state index in [9.17, 15) is 9.59 Å². The molecule has 1 aromatic heterocycles. The quantitative estimate of drug-likeness (QED) is 0.802. The largest absolute Gasteiger partial charge is 0.494 e. The fraction of sp³-hybridized carbons (Fsp3) is 0.474. The zero-order valence-electron chi connectivity index (χ0n) is 15.8. The van der Waals surface area contributed by atoms with Gasteiger partial charge in [-0.3, -0.25) is 14.9 Å². The molecule has 8 heteroatoms. The maximum absolute atomic E-state index is 12.4. The van der Waals surface area contributed by atoms with Gasteiger partial charge >= 0.3 is 6.01 Å². The molecule has 1 fully saturated rings. The fourth-order valence-corrected chi connectivity index (χ4v) is 3.00. The zero-order chi connectivity index (χ0) is 19.4. The van der Waals surface area contributed by atoms with E-state index in [4.69, 9.17) is 9.15 Å². The second-order valence-corrected chi connectivity index (χ2v) is 6.92. The molecule has 0 bridgehead atoms. The van der Waals surface area contributed by atoms with Crippen LogP contribution in [0.15, 0.2) is 28.7 Å². The molecule has 0 unspecified atom stereocenters. The number of anilines is 2. The number of carbonyl (C=O) groups excluding carboxylic acids is 2. The van der Waals surface area contributed by atoms with Crippen LogP contribution in [0.3, 0.4) is 0 Å². The van der Waals surface area contributed by atoms with E-state index >= 15 is 0 Å². The molecule has 144 valence electrons. The molecule has 0 aliphatic carbocycles. The summed E-state index contributed by atoms with van der Waals surface area (Å²) in [6.45, 7) is 6.88. The molecule has 2 aromatic rings. The lowest BCUT2D eigenvalue weighted by molar-refractivity contribution is -0.118. The van der Waals surface area contributed by atoms with E-state index in [0.29, 0.717) is 25.5 Å². The number of hydrogen-bond donors (Lipinski definition) is 1. The lowest BCUT2D eigenvalue weighted by atomic mass is 10.1. The lowest BCUT2D eigenvalue weighted by Gasteiger charge is -2.16. The first-order valence-electron chi connectivity index (χ1n) is 9.12. The van der Waals surface area contributed by atoms with Gasteiger partial charge in [-0.25, -0.2) is 0 Å². The number of nitrogens with one attached hydrogen (secondary N) is 1. The maximum Gasteiger partial charge on any atom is 0.322 e. The van der Waals surface area contributed by atoms with Crippen molar-refractivity contribution in [3.8, 4) is 5.75 Å². The summed E-state index contributed by atoms with van der Waals surface area (Å²) in [6, 6.07) is 7.47. The van der Waals surface area contributed by atoms with Crippen molar-refractivity contribution in [2.45, 2.75) is 39.5 Å². The minimum Gasteiger partial charge on any atom is -0.494 e. The highest BCUT2D eigenvalue weighted by atomic mass is 16.5. The Balaban J connectivity index is 1.64. The van der Waals surface area contributed by atoms with Crippen molar-refractivity contribution >= 4 is 23.5 Å². The van der Waals surface area contributed by atoms with Crippen LogP contribution in [0, 0.1) is 5.92 Å². The van der Waals surface area contributed by atoms with Crippen molar-refractivity contribution < 1.29 is 18.7 Å². The molecular weight excluding hydrogens is 348 g/mol. The Hall–Kier alpha value is -2.90. The van der Waals surface area contributed by atoms with E-state index in [-0.39, 0.29) is 36.1 Å². The first kappa shape index (κ1) is 18.9. The first-order valence-corrected chi connectivity index (χ1v) is 9.12. The second kappa shape index (κ2) is 8.20. The molecule has 2 heterocycles. The second-order valence-electron chi connectivity index (χ2n) is 6.92. The number of benzene rings is 1. The summed E-state index contributed by atoms with van der Waals surface area (Å²) in [4.78, 5) is 25.9. The van der Waals surface area contributed by atoms with Gasteiger partial charge in [-0.1, -0.05) is 18.9 Å². The van der Waals surface area contributed by atoms with Crippen molar-refractivity contribution in [1.82, 2.24) is 10.2 Å². The van der Waals surface area contributed by atoms with Gasteiger partial charge in [0.1, 0.15) is 5.75 Å². The number of nitrogens with zero attached hydrogens (tertiary/aromatic N) is 3. The predicted molar refractivity (Wildman–Crippen MR) is 99.7 cm³/mol. The smallest absolute Gasteiger partial charge is 0.322 e. The fourth-order valence-electron chi connectivity index (χ4n) is 3.00. The van der Waals surface area contributed by atoms with Crippen LogP contribution >= 0.6 is 0 Å². The summed E-state index contributed by atoms with van der Waals surface area (Å²) in [5.41, 5.74) is 0.802. The molecule has 0 saturated carbocycles. The van der Waals surface area contributed by atoms with Gasteiger partial charge in [0.05, 0.1) is 12.5 Å². The van der Waals surface area contributed by atoms with Crippen molar-refractivity contribution in [1.29, 1.82) is 0 Å². The highest BCUT2D eigenvalue weighted by molar-refractivity contribution is 5.96. The summed E-state index contributed by atoms with van der Waals surface area (Å²) in [7, 11) is 0. The minimum atomic E-state index is -0.202. The van der Waals surface area contributed by atoms with E-state index in [1.54, 1.807) is 4.90 Å². The average molecular weight is 372 g/mol. The van der Waals surface area contributed by atoms with Gasteiger partial charge in [-0.05, 0) is 37.1 Å². The van der Waals surface area contributed by atoms with Gasteiger partial charge in [0.15, 0.2) is 0 Å². The highest BCUT2D eigenvalue weighted by Crippen LogP contribution is 2.32. The van der Waals surface area contributed by atoms with Gasteiger partial charge in [-0.15, -0.1) is 5.10 Å². The number of aromatic nitrogens is 2. The number of ether oxygens (including phenoxy) is 1. The van der Waals surface area contributed by atoms with Gasteiger partial charge in [0.2, 0.25) is 17.7 Å². The Morgan fingerprint density at radius 2 is 2.07 bits per heavy atom. The van der Waals surface area contributed by atoms with Gasteiger partial charge in [0, 0.05) is 25.1 Å². The standard InChI is InChI=1S/C19H24N4O4/c1-4-26-15-7-5-14(6-8-15)23-11-13(10-17(23)25)18-21-22-19(27-18)20-16(24)9-12(2)3/h5-8,12-13H,4,9-11H2,1-3H3,(H,20,22,24)/t13-/m1/s1. The molecule has 1 N–H and O–H groups in total. The Morgan fingerprint density at radius 3 is 2.74 bits per heavy atom. The molecule has 1 aromatic carbocycles. The van der Waals surface area contributed by atoms with E-state index in [1.165, 1.54) is 0 Å². The summed E-state index contributed by atoms with van der Waals surface area (Å²) >= 11 is 0. The molecule has 2 amide bonds. The third-order valence-corrected chi connectivity index (χ3v) is 4.21. The Labute approximate surface area is 157 Å². The number of carbonyl (C=O) groups is 2. The molecule has 27 heavy (non-hydrogen) atoms. The van der Waals surface area contributed by atoms with E-state index in [2.05, 4.69) is 15.5 Å². The normalized spacial score (nSPS) is 16.8. The van der Waals surface area contributed by atoms with Crippen LogP contribution in [0.2, 0.25) is 0 Å². The summed E-state index contributed by atoms with van der Waals surface area (Å²) < 4.78 is 11.0. The van der Waals surface area contributed by atoms with Gasteiger partial charge in [0.25, 0.3) is 0 Å². The molecule has 1 saturated heterocycles. The van der Waals surface area contributed by atoms with Crippen LogP contribution in [-0.2, 0) is 9.59 Å². The van der Waals surface area contributed by atoms with Crippen LogP contribution in [-0.4, -0.2) is 35.2 Å². The number of hydrogen-bond acceptors (Lipinski definition) is 6. The summed E-state index contributed by atoms with van der Waals surface area (Å²) in [6.07, 6.45) is 0.667. The van der Waals surface area contributed by atoms with Crippen LogP contribution in [0.1, 0.15) is 45.4 Å². The van der Waals surface area contributed by atoms with E-state index < -0.39 is 0 Å². The Bertz CT molecular complexity index is 800. The first-order chi connectivity index (χ1) is 13.0. The van der Waals surface area contributed by atoms with Gasteiger partial charge < -0.3 is 14.1 Å². The third kappa shape index (κ3) is 4.64. The average Bonchev–Trinajstić information content (AvgIpc) is 3.22. The van der Waals surface area contributed by atoms with Gasteiger partial charge in [-0.2, -0.15) is 0 Å². The third-order valence-electron chi connectivity index (χ3n) is 4.21. The van der Waals surface area contributed by atoms with E-state index in [0.717, 1.165) is 11.4 Å². The molecule has 0 radical (unpaired) electrons. The van der Waals surface area contributed by atoms with Crippen LogP contribution < -0.4 is 15.0 Å². The molecular formula is C19H24N4O4. The van der Waals surface area contributed by atoms with Crippen molar-refractivity contribution in [3.05, 3.63) is 30.2 Å². The summed E-state index contributed by atoms with van der Waals surface area (Å²) in [5.74, 6) is 0.987. The molecule has 1 atom stereocenters. The zero-order valence-corrected chi connectivity index (χ0v) is 15.8. The molecule has 1 aliphatic rings. The molecule has 8 nitrogen and oxygen atoms in total. The van der Waals surface area contributed by atoms with Crippen LogP contribution in [0.5, 0.6) is 5.75 Å². The molecule has 0 spiro atoms. The van der Waals surface area contributed by atoms with Crippen molar-refractivity contribution in [2.75, 3.05) is 23.4 Å². The number of rotatable bonds is 7. The Kier molecular flexibility index (Phi) is 5.73. The lowest BCUT2D eigenvalue weighted by Crippen LogP contribution is -2.24. The van der Waals surface area contributed by atoms with E-state index in [1.807, 2.05) is 45.0 Å². The van der Waals surface area contributed by atoms with Crippen LogP contribution in [0.4, 0.5) is 11.7 Å². The topological polar surface area (TPSA) is 97.6 Å². The molecule has 1 aliphatic heterocycles. The SMILES string of the molecule is CCOc1ccc(N2C[C@H](c3nnc(NC(=O)CC(C)C)o3)CC2=O)cc1. The Morgan fingerprint density at radius 1 is 1.33 bits per heavy atom. The molecule has 3 rings (SSSR count).